The Morgan fingerprint density at radius 3 is 2.59 bits per heavy atom. The van der Waals surface area contributed by atoms with Gasteiger partial charge in [-0.2, -0.15) is 0 Å². The first-order chi connectivity index (χ1) is 13.2. The summed E-state index contributed by atoms with van der Waals surface area (Å²) in [6.07, 6.45) is 6.53. The molecule has 2 saturated heterocycles. The molecule has 144 valence electrons. The van der Waals surface area contributed by atoms with Crippen molar-refractivity contribution in [3.8, 4) is 0 Å². The van der Waals surface area contributed by atoms with Crippen molar-refractivity contribution in [2.75, 3.05) is 18.2 Å². The maximum atomic E-state index is 13.5. The second-order valence-electron chi connectivity index (χ2n) is 8.61. The van der Waals surface area contributed by atoms with E-state index >= 15 is 0 Å². The highest BCUT2D eigenvalue weighted by Gasteiger charge is 2.54. The highest BCUT2D eigenvalue weighted by atomic mass is 32.2. The van der Waals surface area contributed by atoms with Gasteiger partial charge in [-0.25, -0.2) is 0 Å². The van der Waals surface area contributed by atoms with Crippen LogP contribution in [0.3, 0.4) is 0 Å². The Balaban J connectivity index is 1.37. The first kappa shape index (κ1) is 17.6. The minimum Gasteiger partial charge on any atom is -0.331 e. The molecule has 2 heterocycles. The highest BCUT2D eigenvalue weighted by molar-refractivity contribution is 7.99. The molecule has 0 N–H and O–H groups in total. The van der Waals surface area contributed by atoms with Gasteiger partial charge in [0.1, 0.15) is 6.04 Å². The van der Waals surface area contributed by atoms with Gasteiger partial charge in [-0.3, -0.25) is 9.59 Å². The number of hydrogen-bond donors (Lipinski definition) is 0. The number of hydrogen-bond acceptors (Lipinski definition) is 3. The molecule has 0 radical (unpaired) electrons. The fraction of sp³-hybridized carbons (Fsp3) is 0.636. The molecule has 27 heavy (non-hydrogen) atoms. The number of thioether (sulfide) groups is 1. The van der Waals surface area contributed by atoms with Crippen LogP contribution in [0.25, 0.3) is 0 Å². The van der Waals surface area contributed by atoms with E-state index in [1.165, 1.54) is 24.8 Å². The van der Waals surface area contributed by atoms with Gasteiger partial charge >= 0.3 is 0 Å². The van der Waals surface area contributed by atoms with E-state index in [2.05, 4.69) is 29.2 Å². The zero-order valence-electron chi connectivity index (χ0n) is 15.8. The average Bonchev–Trinajstić information content (AvgIpc) is 3.14. The first-order valence-electron chi connectivity index (χ1n) is 10.5. The lowest BCUT2D eigenvalue weighted by Gasteiger charge is -2.34. The zero-order valence-corrected chi connectivity index (χ0v) is 16.6. The molecule has 5 rings (SSSR count). The predicted octanol–water partition coefficient (Wildman–Crippen LogP) is 3.48. The van der Waals surface area contributed by atoms with Gasteiger partial charge in [-0.05, 0) is 43.1 Å². The molecule has 0 bridgehead atoms. The standard InChI is InChI=1S/C22H28N2O2S/c25-21(18-13-17(18)15-6-2-1-3-7-15)24-19-9-5-4-8-16(19)12-20(24)22(26)23-10-11-27-14-23/h1-3,6-7,16-20H,4-5,8-14H2/t16-,17+,18-,19-,20-/m0/s1. The molecule has 5 heteroatoms. The highest BCUT2D eigenvalue weighted by Crippen LogP contribution is 2.51. The second kappa shape index (κ2) is 7.16. The monoisotopic (exact) mass is 384 g/mol. The Labute approximate surface area is 165 Å². The molecule has 4 aliphatic rings. The van der Waals surface area contributed by atoms with E-state index < -0.39 is 0 Å². The molecule has 2 aliphatic carbocycles. The number of nitrogens with zero attached hydrogens (tertiary/aromatic N) is 2. The largest absolute Gasteiger partial charge is 0.331 e. The summed E-state index contributed by atoms with van der Waals surface area (Å²) in [5.41, 5.74) is 1.27. The minimum absolute atomic E-state index is 0.0799. The van der Waals surface area contributed by atoms with Crippen LogP contribution < -0.4 is 0 Å². The van der Waals surface area contributed by atoms with Crippen molar-refractivity contribution in [3.05, 3.63) is 35.9 Å². The maximum Gasteiger partial charge on any atom is 0.246 e. The van der Waals surface area contributed by atoms with Crippen LogP contribution in [0.2, 0.25) is 0 Å². The van der Waals surface area contributed by atoms with Crippen LogP contribution in [0, 0.1) is 11.8 Å². The molecule has 2 amide bonds. The molecule has 5 atom stereocenters. The van der Waals surface area contributed by atoms with Gasteiger partial charge in [0.15, 0.2) is 0 Å². The summed E-state index contributed by atoms with van der Waals surface area (Å²) >= 11 is 1.82. The van der Waals surface area contributed by atoms with Crippen LogP contribution in [-0.2, 0) is 9.59 Å². The van der Waals surface area contributed by atoms with Crippen LogP contribution in [0.1, 0.15) is 50.0 Å². The third-order valence-electron chi connectivity index (χ3n) is 7.03. The molecule has 0 unspecified atom stereocenters. The van der Waals surface area contributed by atoms with Crippen LogP contribution in [0.15, 0.2) is 30.3 Å². The van der Waals surface area contributed by atoms with E-state index in [0.29, 0.717) is 17.9 Å². The normalized spacial score (nSPS) is 35.2. The summed E-state index contributed by atoms with van der Waals surface area (Å²) in [6, 6.07) is 10.5. The number of likely N-dealkylation sites (tertiary alicyclic amines) is 1. The van der Waals surface area contributed by atoms with Crippen molar-refractivity contribution < 1.29 is 9.59 Å². The Hall–Kier alpha value is -1.49. The average molecular weight is 385 g/mol. The van der Waals surface area contributed by atoms with Crippen LogP contribution >= 0.6 is 11.8 Å². The Kier molecular flexibility index (Phi) is 4.66. The van der Waals surface area contributed by atoms with Crippen molar-refractivity contribution in [3.63, 3.8) is 0 Å². The van der Waals surface area contributed by atoms with E-state index in [1.54, 1.807) is 0 Å². The summed E-state index contributed by atoms with van der Waals surface area (Å²) in [5.74, 6) is 3.24. The molecule has 0 aromatic heterocycles. The van der Waals surface area contributed by atoms with Gasteiger partial charge in [-0.1, -0.05) is 43.2 Å². The summed E-state index contributed by atoms with van der Waals surface area (Å²) in [5, 5.41) is 0. The molecule has 1 aromatic carbocycles. The van der Waals surface area contributed by atoms with Crippen molar-refractivity contribution in [1.82, 2.24) is 9.80 Å². The summed E-state index contributed by atoms with van der Waals surface area (Å²) in [4.78, 5) is 30.8. The quantitative estimate of drug-likeness (QED) is 0.801. The fourth-order valence-electron chi connectivity index (χ4n) is 5.52. The maximum absolute atomic E-state index is 13.5. The molecule has 1 aromatic rings. The molecule has 4 nitrogen and oxygen atoms in total. The third-order valence-corrected chi connectivity index (χ3v) is 7.99. The number of fused-ring (bicyclic) bond motifs is 1. The molecular formula is C22H28N2O2S. The van der Waals surface area contributed by atoms with Crippen LogP contribution in [0.5, 0.6) is 0 Å². The SMILES string of the molecule is O=C([C@@H]1C[C@@H]2CCCC[C@@H]2N1C(=O)[C@H]1C[C@@H]1c1ccccc1)N1CCSC1. The van der Waals surface area contributed by atoms with Crippen molar-refractivity contribution in [2.24, 2.45) is 11.8 Å². The van der Waals surface area contributed by atoms with E-state index in [9.17, 15) is 9.59 Å². The zero-order chi connectivity index (χ0) is 18.4. The van der Waals surface area contributed by atoms with Crippen molar-refractivity contribution >= 4 is 23.6 Å². The number of benzene rings is 1. The Morgan fingerprint density at radius 1 is 1.00 bits per heavy atom. The van der Waals surface area contributed by atoms with Gasteiger partial charge in [-0.15, -0.1) is 11.8 Å². The van der Waals surface area contributed by atoms with Gasteiger partial charge in [0.2, 0.25) is 11.8 Å². The second-order valence-corrected chi connectivity index (χ2v) is 9.68. The number of rotatable bonds is 3. The Morgan fingerprint density at radius 2 is 1.81 bits per heavy atom. The van der Waals surface area contributed by atoms with Crippen LogP contribution in [0.4, 0.5) is 0 Å². The molecule has 2 aliphatic heterocycles. The molecule has 2 saturated carbocycles. The lowest BCUT2D eigenvalue weighted by Crippen LogP contribution is -2.50. The number of amides is 2. The smallest absolute Gasteiger partial charge is 0.246 e. The van der Waals surface area contributed by atoms with E-state index in [-0.39, 0.29) is 23.8 Å². The van der Waals surface area contributed by atoms with Gasteiger partial charge in [0.25, 0.3) is 0 Å². The molecular weight excluding hydrogens is 356 g/mol. The van der Waals surface area contributed by atoms with Crippen molar-refractivity contribution in [2.45, 2.75) is 56.5 Å². The third kappa shape index (κ3) is 3.18. The van der Waals surface area contributed by atoms with Gasteiger partial charge in [0.05, 0.1) is 5.88 Å². The van der Waals surface area contributed by atoms with E-state index in [4.69, 9.17) is 0 Å². The van der Waals surface area contributed by atoms with Crippen LogP contribution in [-0.4, -0.2) is 51.9 Å². The lowest BCUT2D eigenvalue weighted by molar-refractivity contribution is -0.145. The predicted molar refractivity (Wildman–Crippen MR) is 107 cm³/mol. The minimum atomic E-state index is -0.207. The van der Waals surface area contributed by atoms with Gasteiger partial charge < -0.3 is 9.80 Å². The lowest BCUT2D eigenvalue weighted by atomic mass is 9.84. The summed E-state index contributed by atoms with van der Waals surface area (Å²) < 4.78 is 0. The number of carbonyl (C=O) groups is 2. The van der Waals surface area contributed by atoms with E-state index in [1.807, 2.05) is 22.7 Å². The summed E-state index contributed by atoms with van der Waals surface area (Å²) in [6.45, 7) is 0.841. The molecule has 0 spiro atoms. The van der Waals surface area contributed by atoms with Crippen molar-refractivity contribution in [1.29, 1.82) is 0 Å². The first-order valence-corrected chi connectivity index (χ1v) is 11.6. The number of carbonyl (C=O) groups excluding carboxylic acids is 2. The van der Waals surface area contributed by atoms with E-state index in [0.717, 1.165) is 37.4 Å². The molecule has 4 fully saturated rings. The topological polar surface area (TPSA) is 40.6 Å². The van der Waals surface area contributed by atoms with Gasteiger partial charge in [0, 0.05) is 24.3 Å². The summed E-state index contributed by atoms with van der Waals surface area (Å²) in [7, 11) is 0. The fourth-order valence-corrected chi connectivity index (χ4v) is 6.48. The Bertz CT molecular complexity index is 718.